The molecule has 0 spiro atoms. The molecular formula is C9H5ClF4O3. The SMILES string of the molecule is COC(=O)C(O)c1c(F)c(F)c(Cl)c(F)c1F. The van der Waals surface area contributed by atoms with Crippen molar-refractivity contribution in [2.75, 3.05) is 7.11 Å². The predicted molar refractivity (Wildman–Crippen MR) is 48.3 cm³/mol. The molecule has 0 bridgehead atoms. The molecule has 0 aliphatic heterocycles. The minimum Gasteiger partial charge on any atom is -0.467 e. The highest BCUT2D eigenvalue weighted by Gasteiger charge is 2.32. The first-order valence-electron chi connectivity index (χ1n) is 4.10. The smallest absolute Gasteiger partial charge is 0.339 e. The van der Waals surface area contributed by atoms with Crippen LogP contribution >= 0.6 is 11.6 Å². The van der Waals surface area contributed by atoms with Crippen LogP contribution in [0.3, 0.4) is 0 Å². The Bertz CT molecular complexity index is 449. The standard InChI is InChI=1S/C9H5ClF4O3/c1-17-9(16)8(15)2-4(11)6(13)3(10)7(14)5(2)12/h8,15H,1H3. The van der Waals surface area contributed by atoms with Crippen LogP contribution in [0.25, 0.3) is 0 Å². The molecule has 0 aliphatic rings. The molecular weight excluding hydrogens is 268 g/mol. The maximum Gasteiger partial charge on any atom is 0.339 e. The molecule has 1 rings (SSSR count). The number of rotatable bonds is 2. The van der Waals surface area contributed by atoms with Crippen LogP contribution < -0.4 is 0 Å². The molecule has 1 aromatic carbocycles. The number of aliphatic hydroxyl groups is 1. The lowest BCUT2D eigenvalue weighted by atomic mass is 10.1. The summed E-state index contributed by atoms with van der Waals surface area (Å²) in [6.07, 6.45) is -2.48. The quantitative estimate of drug-likeness (QED) is 0.388. The summed E-state index contributed by atoms with van der Waals surface area (Å²) < 4.78 is 56.4. The lowest BCUT2D eigenvalue weighted by Gasteiger charge is -2.12. The molecule has 0 aliphatic carbocycles. The summed E-state index contributed by atoms with van der Waals surface area (Å²) in [5, 5.41) is 7.76. The van der Waals surface area contributed by atoms with E-state index in [1.54, 1.807) is 0 Å². The van der Waals surface area contributed by atoms with E-state index in [9.17, 15) is 22.4 Å². The molecule has 3 nitrogen and oxygen atoms in total. The lowest BCUT2D eigenvalue weighted by molar-refractivity contribution is -0.151. The molecule has 94 valence electrons. The molecule has 1 atom stereocenters. The molecule has 17 heavy (non-hydrogen) atoms. The minimum absolute atomic E-state index is 0.823. The third-order valence-electron chi connectivity index (χ3n) is 1.94. The predicted octanol–water partition coefficient (Wildman–Crippen LogP) is 2.10. The van der Waals surface area contributed by atoms with Crippen LogP contribution in [-0.2, 0) is 9.53 Å². The molecule has 1 unspecified atom stereocenters. The Hall–Kier alpha value is -1.34. The zero-order chi connectivity index (χ0) is 13.3. The van der Waals surface area contributed by atoms with Gasteiger partial charge in [-0.3, -0.25) is 0 Å². The first kappa shape index (κ1) is 13.7. The summed E-state index contributed by atoms with van der Waals surface area (Å²) in [5.74, 6) is -9.17. The van der Waals surface area contributed by atoms with Gasteiger partial charge in [-0.15, -0.1) is 0 Å². The number of ether oxygens (including phenoxy) is 1. The fourth-order valence-electron chi connectivity index (χ4n) is 1.09. The third-order valence-corrected chi connectivity index (χ3v) is 2.27. The Morgan fingerprint density at radius 3 is 1.94 bits per heavy atom. The fourth-order valence-corrected chi connectivity index (χ4v) is 1.26. The highest BCUT2D eigenvalue weighted by Crippen LogP contribution is 2.31. The number of benzene rings is 1. The molecule has 0 aromatic heterocycles. The monoisotopic (exact) mass is 272 g/mol. The van der Waals surface area contributed by atoms with E-state index in [0.29, 0.717) is 0 Å². The van der Waals surface area contributed by atoms with Gasteiger partial charge in [-0.05, 0) is 0 Å². The third kappa shape index (κ3) is 2.20. The highest BCUT2D eigenvalue weighted by atomic mass is 35.5. The molecule has 8 heteroatoms. The van der Waals surface area contributed by atoms with Crippen molar-refractivity contribution in [3.05, 3.63) is 33.9 Å². The Labute approximate surface area is 97.6 Å². The van der Waals surface area contributed by atoms with Crippen molar-refractivity contribution < 1.29 is 32.2 Å². The second kappa shape index (κ2) is 4.89. The maximum absolute atomic E-state index is 13.2. The number of hydrogen-bond acceptors (Lipinski definition) is 3. The number of esters is 1. The van der Waals surface area contributed by atoms with Gasteiger partial charge in [0.15, 0.2) is 29.4 Å². The van der Waals surface area contributed by atoms with Crippen LogP contribution in [0.4, 0.5) is 17.6 Å². The average molecular weight is 273 g/mol. The number of methoxy groups -OCH3 is 1. The first-order valence-corrected chi connectivity index (χ1v) is 4.47. The van der Waals surface area contributed by atoms with E-state index in [4.69, 9.17) is 16.7 Å². The molecule has 0 amide bonds. The largest absolute Gasteiger partial charge is 0.467 e. The number of carbonyl (C=O) groups is 1. The van der Waals surface area contributed by atoms with Crippen LogP contribution in [-0.4, -0.2) is 18.2 Å². The Balaban J connectivity index is 3.49. The van der Waals surface area contributed by atoms with Crippen LogP contribution in [0.1, 0.15) is 11.7 Å². The Morgan fingerprint density at radius 1 is 1.18 bits per heavy atom. The maximum atomic E-state index is 13.2. The zero-order valence-electron chi connectivity index (χ0n) is 8.23. The Morgan fingerprint density at radius 2 is 1.59 bits per heavy atom. The van der Waals surface area contributed by atoms with E-state index in [1.165, 1.54) is 0 Å². The van der Waals surface area contributed by atoms with E-state index in [2.05, 4.69) is 4.74 Å². The highest BCUT2D eigenvalue weighted by molar-refractivity contribution is 6.30. The summed E-state index contributed by atoms with van der Waals surface area (Å²) in [5.41, 5.74) is -1.49. The molecule has 0 saturated carbocycles. The number of hydrogen-bond donors (Lipinski definition) is 1. The van der Waals surface area contributed by atoms with Gasteiger partial charge in [-0.1, -0.05) is 11.6 Å². The van der Waals surface area contributed by atoms with E-state index < -0.39 is 45.9 Å². The summed E-state index contributed by atoms with van der Waals surface area (Å²) in [6, 6.07) is 0. The molecule has 1 N–H and O–H groups in total. The van der Waals surface area contributed by atoms with Gasteiger partial charge in [0.1, 0.15) is 5.02 Å². The minimum atomic E-state index is -2.48. The van der Waals surface area contributed by atoms with Crippen molar-refractivity contribution in [2.24, 2.45) is 0 Å². The molecule has 0 radical (unpaired) electrons. The van der Waals surface area contributed by atoms with Gasteiger partial charge in [0.2, 0.25) is 0 Å². The summed E-state index contributed by atoms with van der Waals surface area (Å²) in [4.78, 5) is 10.8. The summed E-state index contributed by atoms with van der Waals surface area (Å²) in [6.45, 7) is 0. The Kier molecular flexibility index (Phi) is 3.94. The molecule has 0 fully saturated rings. The summed E-state index contributed by atoms with van der Waals surface area (Å²) >= 11 is 4.95. The zero-order valence-corrected chi connectivity index (χ0v) is 8.99. The number of aliphatic hydroxyl groups excluding tert-OH is 1. The van der Waals surface area contributed by atoms with Crippen LogP contribution in [0, 0.1) is 23.3 Å². The van der Waals surface area contributed by atoms with Gasteiger partial charge in [0.05, 0.1) is 12.7 Å². The first-order chi connectivity index (χ1) is 7.82. The van der Waals surface area contributed by atoms with Gasteiger partial charge < -0.3 is 9.84 Å². The van der Waals surface area contributed by atoms with Crippen LogP contribution in [0.5, 0.6) is 0 Å². The van der Waals surface area contributed by atoms with Gasteiger partial charge >= 0.3 is 5.97 Å². The molecule has 0 heterocycles. The van der Waals surface area contributed by atoms with Crippen molar-refractivity contribution in [3.63, 3.8) is 0 Å². The van der Waals surface area contributed by atoms with E-state index in [0.717, 1.165) is 7.11 Å². The fraction of sp³-hybridized carbons (Fsp3) is 0.222. The van der Waals surface area contributed by atoms with Gasteiger partial charge in [0.25, 0.3) is 0 Å². The lowest BCUT2D eigenvalue weighted by Crippen LogP contribution is -2.18. The van der Waals surface area contributed by atoms with Crippen molar-refractivity contribution in [1.82, 2.24) is 0 Å². The number of carbonyl (C=O) groups excluding carboxylic acids is 1. The van der Waals surface area contributed by atoms with Crippen LogP contribution in [0.15, 0.2) is 0 Å². The average Bonchev–Trinajstić information content (AvgIpc) is 2.32. The van der Waals surface area contributed by atoms with E-state index >= 15 is 0 Å². The molecule has 1 aromatic rings. The van der Waals surface area contributed by atoms with Crippen LogP contribution in [0.2, 0.25) is 5.02 Å². The van der Waals surface area contributed by atoms with E-state index in [1.807, 2.05) is 0 Å². The van der Waals surface area contributed by atoms with Gasteiger partial charge in [0, 0.05) is 0 Å². The second-order valence-corrected chi connectivity index (χ2v) is 3.29. The van der Waals surface area contributed by atoms with Gasteiger partial charge in [-0.2, -0.15) is 0 Å². The van der Waals surface area contributed by atoms with Crippen molar-refractivity contribution >= 4 is 17.6 Å². The van der Waals surface area contributed by atoms with Crippen molar-refractivity contribution in [1.29, 1.82) is 0 Å². The normalized spacial score (nSPS) is 12.4. The topological polar surface area (TPSA) is 46.5 Å². The van der Waals surface area contributed by atoms with Gasteiger partial charge in [-0.25, -0.2) is 22.4 Å². The second-order valence-electron chi connectivity index (χ2n) is 2.91. The summed E-state index contributed by atoms with van der Waals surface area (Å²) in [7, 11) is 0.823. The van der Waals surface area contributed by atoms with Crippen molar-refractivity contribution in [2.45, 2.75) is 6.10 Å². The van der Waals surface area contributed by atoms with E-state index in [-0.39, 0.29) is 0 Å². The van der Waals surface area contributed by atoms with Crippen molar-refractivity contribution in [3.8, 4) is 0 Å². The number of halogens is 5. The molecule has 0 saturated heterocycles.